The predicted molar refractivity (Wildman–Crippen MR) is 158 cm³/mol. The molecular weight excluding hydrogens is 564 g/mol. The molecule has 2 aliphatic heterocycles. The summed E-state index contributed by atoms with van der Waals surface area (Å²) in [4.78, 5) is 33.3. The molecule has 0 radical (unpaired) electrons. The zero-order valence-corrected chi connectivity index (χ0v) is 23.8. The third kappa shape index (κ3) is 5.23. The number of hydrogen-bond acceptors (Lipinski definition) is 8. The molecule has 1 aromatic heterocycles. The van der Waals surface area contributed by atoms with Crippen LogP contribution in [-0.4, -0.2) is 41.6 Å². The highest BCUT2D eigenvalue weighted by atomic mass is 35.5. The molecule has 1 saturated heterocycles. The van der Waals surface area contributed by atoms with E-state index in [2.05, 4.69) is 11.9 Å². The van der Waals surface area contributed by atoms with Crippen molar-refractivity contribution in [2.75, 3.05) is 24.7 Å². The van der Waals surface area contributed by atoms with Crippen LogP contribution in [0.3, 0.4) is 0 Å². The first kappa shape index (κ1) is 27.1. The molecule has 0 aliphatic carbocycles. The van der Waals surface area contributed by atoms with E-state index >= 15 is 0 Å². The number of carbonyl (C=O) groups excluding carboxylic acids is 2. The monoisotopic (exact) mass is 590 g/mol. The Morgan fingerprint density at radius 1 is 1.07 bits per heavy atom. The first-order valence-electron chi connectivity index (χ1n) is 13.4. The Bertz CT molecular complexity index is 1680. The van der Waals surface area contributed by atoms with E-state index in [0.717, 1.165) is 24.0 Å². The molecule has 210 valence electrons. The molecule has 1 amide bonds. The Morgan fingerprint density at radius 3 is 2.73 bits per heavy atom. The van der Waals surface area contributed by atoms with Crippen LogP contribution < -0.4 is 19.1 Å². The van der Waals surface area contributed by atoms with Gasteiger partial charge in [-0.3, -0.25) is 14.5 Å². The van der Waals surface area contributed by atoms with E-state index in [-0.39, 0.29) is 11.3 Å². The number of aliphatic hydroxyl groups is 1. The molecule has 0 bridgehead atoms. The van der Waals surface area contributed by atoms with Crippen molar-refractivity contribution in [2.24, 2.45) is 0 Å². The average molecular weight is 591 g/mol. The van der Waals surface area contributed by atoms with Crippen LogP contribution in [0.2, 0.25) is 5.02 Å². The number of ketones is 1. The van der Waals surface area contributed by atoms with Crippen molar-refractivity contribution >= 4 is 55.7 Å². The van der Waals surface area contributed by atoms with E-state index < -0.39 is 17.7 Å². The van der Waals surface area contributed by atoms with E-state index in [1.807, 2.05) is 18.2 Å². The number of fused-ring (bicyclic) bond motifs is 2. The van der Waals surface area contributed by atoms with E-state index in [4.69, 9.17) is 25.8 Å². The second-order valence-corrected chi connectivity index (χ2v) is 11.2. The van der Waals surface area contributed by atoms with Crippen LogP contribution in [0.1, 0.15) is 43.4 Å². The highest BCUT2D eigenvalue weighted by Gasteiger charge is 2.48. The van der Waals surface area contributed by atoms with Gasteiger partial charge in [-0.25, -0.2) is 4.98 Å². The van der Waals surface area contributed by atoms with E-state index in [9.17, 15) is 14.7 Å². The fourth-order valence-corrected chi connectivity index (χ4v) is 6.27. The summed E-state index contributed by atoms with van der Waals surface area (Å²) >= 11 is 7.45. The van der Waals surface area contributed by atoms with Crippen molar-refractivity contribution in [3.05, 3.63) is 82.4 Å². The lowest BCUT2D eigenvalue weighted by molar-refractivity contribution is -0.132. The van der Waals surface area contributed by atoms with Gasteiger partial charge in [0.15, 0.2) is 16.6 Å². The predicted octanol–water partition coefficient (Wildman–Crippen LogP) is 6.92. The molecule has 41 heavy (non-hydrogen) atoms. The zero-order valence-electron chi connectivity index (χ0n) is 22.3. The number of amides is 1. The molecule has 2 aliphatic rings. The van der Waals surface area contributed by atoms with E-state index in [1.165, 1.54) is 16.2 Å². The maximum absolute atomic E-state index is 13.6. The zero-order chi connectivity index (χ0) is 28.5. The lowest BCUT2D eigenvalue weighted by Crippen LogP contribution is -2.29. The second kappa shape index (κ2) is 11.4. The summed E-state index contributed by atoms with van der Waals surface area (Å²) in [5.41, 5.74) is 1.54. The lowest BCUT2D eigenvalue weighted by Gasteiger charge is -2.24. The number of rotatable bonds is 8. The fourth-order valence-electron chi connectivity index (χ4n) is 5.00. The highest BCUT2D eigenvalue weighted by molar-refractivity contribution is 7.22. The number of unbranched alkanes of at least 4 members (excludes halogenated alkanes) is 2. The largest absolute Gasteiger partial charge is 0.507 e. The normalized spacial score (nSPS) is 17.8. The van der Waals surface area contributed by atoms with Crippen LogP contribution in [0.25, 0.3) is 16.0 Å². The summed E-state index contributed by atoms with van der Waals surface area (Å²) in [6.07, 6.45) is 3.04. The van der Waals surface area contributed by atoms with Crippen LogP contribution in [0.4, 0.5) is 5.13 Å². The molecule has 1 atom stereocenters. The van der Waals surface area contributed by atoms with Gasteiger partial charge in [0.1, 0.15) is 24.7 Å². The fraction of sp³-hybridized carbons (Fsp3) is 0.258. The Labute approximate surface area is 245 Å². The first-order chi connectivity index (χ1) is 19.9. The summed E-state index contributed by atoms with van der Waals surface area (Å²) in [7, 11) is 0. The van der Waals surface area contributed by atoms with Gasteiger partial charge in [0.05, 0.1) is 28.4 Å². The smallest absolute Gasteiger partial charge is 0.301 e. The number of thiazole rings is 1. The number of ether oxygens (including phenoxy) is 3. The molecule has 3 heterocycles. The van der Waals surface area contributed by atoms with Gasteiger partial charge in [-0.2, -0.15) is 0 Å². The number of hydrogen-bond donors (Lipinski definition) is 1. The van der Waals surface area contributed by atoms with Gasteiger partial charge in [-0.05, 0) is 60.5 Å². The number of aliphatic hydroxyl groups excluding tert-OH is 1. The molecule has 4 aromatic rings. The quantitative estimate of drug-likeness (QED) is 0.103. The Balaban J connectivity index is 1.48. The second-order valence-electron chi connectivity index (χ2n) is 9.76. The van der Waals surface area contributed by atoms with Gasteiger partial charge in [0, 0.05) is 10.6 Å². The molecule has 0 spiro atoms. The van der Waals surface area contributed by atoms with Crippen molar-refractivity contribution in [1.82, 2.24) is 4.98 Å². The summed E-state index contributed by atoms with van der Waals surface area (Å²) in [5.74, 6) is -0.296. The SMILES string of the molecule is CCCCCOc1cccc(C2C(=C(O)c3ccc4c(c3)OCCO4)C(=O)C(=O)N2c2nc3ccc(Cl)cc3s2)c1. The molecule has 1 N–H and O–H groups in total. The molecule has 10 heteroatoms. The van der Waals surface area contributed by atoms with Crippen LogP contribution in [0.15, 0.2) is 66.2 Å². The number of anilines is 1. The van der Waals surface area contributed by atoms with Crippen LogP contribution in [0.5, 0.6) is 17.2 Å². The minimum absolute atomic E-state index is 0.0490. The highest BCUT2D eigenvalue weighted by Crippen LogP contribution is 2.45. The maximum Gasteiger partial charge on any atom is 0.301 e. The Kier molecular flexibility index (Phi) is 7.55. The van der Waals surface area contributed by atoms with Gasteiger partial charge in [0.25, 0.3) is 5.78 Å². The number of Topliss-reactive ketones (excluding diaryl/α,β-unsaturated/α-hetero) is 1. The minimum Gasteiger partial charge on any atom is -0.507 e. The lowest BCUT2D eigenvalue weighted by atomic mass is 9.95. The first-order valence-corrected chi connectivity index (χ1v) is 14.6. The van der Waals surface area contributed by atoms with Crippen molar-refractivity contribution < 1.29 is 28.9 Å². The molecule has 1 unspecified atom stereocenters. The average Bonchev–Trinajstić information content (AvgIpc) is 3.52. The number of aromatic nitrogens is 1. The summed E-state index contributed by atoms with van der Waals surface area (Å²) in [5, 5.41) is 12.4. The molecule has 0 saturated carbocycles. The van der Waals surface area contributed by atoms with Crippen molar-refractivity contribution in [2.45, 2.75) is 32.2 Å². The van der Waals surface area contributed by atoms with Gasteiger partial charge in [0.2, 0.25) is 0 Å². The Morgan fingerprint density at radius 2 is 1.90 bits per heavy atom. The molecule has 6 rings (SSSR count). The standard InChI is InChI=1S/C31H27ClN2O6S/c1-2-3-4-12-38-21-7-5-6-18(15-21)27-26(28(35)19-8-11-23-24(16-19)40-14-13-39-23)29(36)30(37)34(27)31-33-22-10-9-20(32)17-25(22)41-31/h5-11,15-17,27,35H,2-4,12-14H2,1H3. The van der Waals surface area contributed by atoms with E-state index in [0.29, 0.717) is 63.9 Å². The molecule has 1 fully saturated rings. The molecule has 8 nitrogen and oxygen atoms in total. The topological polar surface area (TPSA) is 98.2 Å². The summed E-state index contributed by atoms with van der Waals surface area (Å²) in [6.45, 7) is 3.47. The van der Waals surface area contributed by atoms with Crippen molar-refractivity contribution in [1.29, 1.82) is 0 Å². The molecular formula is C31H27ClN2O6S. The maximum atomic E-state index is 13.6. The van der Waals surface area contributed by atoms with Gasteiger partial charge in [-0.1, -0.05) is 54.8 Å². The van der Waals surface area contributed by atoms with Gasteiger partial charge < -0.3 is 19.3 Å². The van der Waals surface area contributed by atoms with E-state index in [1.54, 1.807) is 42.5 Å². The van der Waals surface area contributed by atoms with Crippen LogP contribution >= 0.6 is 22.9 Å². The number of nitrogens with zero attached hydrogens (tertiary/aromatic N) is 2. The third-order valence-electron chi connectivity index (χ3n) is 7.00. The minimum atomic E-state index is -0.946. The number of carbonyl (C=O) groups is 2. The van der Waals surface area contributed by atoms with Gasteiger partial charge >= 0.3 is 5.91 Å². The summed E-state index contributed by atoms with van der Waals surface area (Å²) < 4.78 is 18.0. The van der Waals surface area contributed by atoms with Crippen LogP contribution in [0, 0.1) is 0 Å². The number of halogens is 1. The number of benzene rings is 3. The van der Waals surface area contributed by atoms with Crippen molar-refractivity contribution in [3.8, 4) is 17.2 Å². The Hall–Kier alpha value is -4.08. The third-order valence-corrected chi connectivity index (χ3v) is 8.25. The van der Waals surface area contributed by atoms with Gasteiger partial charge in [-0.15, -0.1) is 0 Å². The van der Waals surface area contributed by atoms with Crippen LogP contribution in [-0.2, 0) is 9.59 Å². The van der Waals surface area contributed by atoms with Crippen molar-refractivity contribution in [3.63, 3.8) is 0 Å². The summed E-state index contributed by atoms with van der Waals surface area (Å²) in [6, 6.07) is 16.5. The molecule has 3 aromatic carbocycles.